The summed E-state index contributed by atoms with van der Waals surface area (Å²) in [6.45, 7) is 0. The zero-order valence-electron chi connectivity index (χ0n) is 12.0. The first kappa shape index (κ1) is 18.2. The lowest BCUT2D eigenvalue weighted by Gasteiger charge is -2.27. The number of barbiturate groups is 1. The summed E-state index contributed by atoms with van der Waals surface area (Å²) in [6.07, 6.45) is 1.23. The monoisotopic (exact) mass is 506 g/mol. The van der Waals surface area contributed by atoms with Crippen molar-refractivity contribution in [3.05, 3.63) is 54.8 Å². The Morgan fingerprint density at radius 1 is 1.16 bits per heavy atom. The molecule has 10 heteroatoms. The van der Waals surface area contributed by atoms with Gasteiger partial charge in [0.1, 0.15) is 11.3 Å². The van der Waals surface area contributed by atoms with Crippen LogP contribution in [-0.4, -0.2) is 17.8 Å². The van der Waals surface area contributed by atoms with Crippen LogP contribution in [0.25, 0.3) is 6.08 Å². The first-order valence-electron chi connectivity index (χ1n) is 6.60. The molecule has 1 N–H and O–H groups in total. The number of halogens is 4. The molecule has 25 heavy (non-hydrogen) atoms. The minimum absolute atomic E-state index is 0.0184. The third-order valence-electron chi connectivity index (χ3n) is 3.22. The van der Waals surface area contributed by atoms with Crippen LogP contribution in [0.5, 0.6) is 0 Å². The fraction of sp³-hybridized carbons (Fsp3) is 0. The molecule has 2 aromatic rings. The standard InChI is InChI=1S/C15H6Br2Cl2N2O4/c16-8-5-6(25-12(8)17)4-7-13(22)20-15(24)21(14(7)23)10-3-1-2-9(18)11(10)19/h1-5H,(H,20,22,24)/b7-4+. The topological polar surface area (TPSA) is 79.6 Å². The van der Waals surface area contributed by atoms with Gasteiger partial charge in [-0.2, -0.15) is 0 Å². The number of carbonyl (C=O) groups is 3. The molecule has 128 valence electrons. The lowest BCUT2D eigenvalue weighted by atomic mass is 10.1. The number of nitrogens with one attached hydrogen (secondary N) is 1. The van der Waals surface area contributed by atoms with E-state index in [1.54, 1.807) is 6.07 Å². The molecule has 0 aliphatic carbocycles. The molecule has 1 fully saturated rings. The SMILES string of the molecule is O=C1NC(=O)N(c2cccc(Cl)c2Cl)C(=O)/C1=C/c1cc(Br)c(Br)o1. The maximum atomic E-state index is 12.7. The molecule has 0 atom stereocenters. The van der Waals surface area contributed by atoms with Gasteiger partial charge >= 0.3 is 6.03 Å². The number of imide groups is 2. The Hall–Kier alpha value is -1.61. The van der Waals surface area contributed by atoms with Gasteiger partial charge in [0.15, 0.2) is 4.67 Å². The average molecular weight is 509 g/mol. The summed E-state index contributed by atoms with van der Waals surface area (Å²) in [5, 5.41) is 2.27. The number of amides is 4. The van der Waals surface area contributed by atoms with E-state index in [1.165, 1.54) is 24.3 Å². The number of hydrogen-bond donors (Lipinski definition) is 1. The second kappa shape index (κ2) is 6.95. The van der Waals surface area contributed by atoms with Gasteiger partial charge in [0.25, 0.3) is 11.8 Å². The van der Waals surface area contributed by atoms with E-state index in [1.807, 2.05) is 0 Å². The van der Waals surface area contributed by atoms with Crippen LogP contribution in [0, 0.1) is 0 Å². The Kier molecular flexibility index (Phi) is 5.06. The molecule has 1 aromatic heterocycles. The second-order valence-electron chi connectivity index (χ2n) is 4.80. The molecule has 4 amide bonds. The Balaban J connectivity index is 2.07. The van der Waals surface area contributed by atoms with Crippen molar-refractivity contribution < 1.29 is 18.8 Å². The fourth-order valence-corrected chi connectivity index (χ4v) is 3.11. The zero-order chi connectivity index (χ0) is 18.3. The van der Waals surface area contributed by atoms with Gasteiger partial charge in [0.05, 0.1) is 20.2 Å². The van der Waals surface area contributed by atoms with Crippen molar-refractivity contribution in [1.82, 2.24) is 5.32 Å². The minimum Gasteiger partial charge on any atom is -0.449 e. The van der Waals surface area contributed by atoms with E-state index >= 15 is 0 Å². The Bertz CT molecular complexity index is 936. The van der Waals surface area contributed by atoms with Crippen LogP contribution in [0.15, 0.2) is 43.4 Å². The molecular formula is C15H6Br2Cl2N2O4. The Labute approximate surface area is 168 Å². The maximum absolute atomic E-state index is 12.7. The van der Waals surface area contributed by atoms with Crippen molar-refractivity contribution in [2.75, 3.05) is 4.90 Å². The molecule has 1 aliphatic rings. The van der Waals surface area contributed by atoms with Gasteiger partial charge in [-0.15, -0.1) is 0 Å². The highest BCUT2D eigenvalue weighted by Gasteiger charge is 2.38. The molecule has 1 saturated heterocycles. The van der Waals surface area contributed by atoms with E-state index in [0.29, 0.717) is 9.14 Å². The Morgan fingerprint density at radius 3 is 2.52 bits per heavy atom. The van der Waals surface area contributed by atoms with E-state index in [4.69, 9.17) is 27.6 Å². The number of carbonyl (C=O) groups excluding carboxylic acids is 3. The molecule has 0 bridgehead atoms. The van der Waals surface area contributed by atoms with Crippen molar-refractivity contribution in [3.63, 3.8) is 0 Å². The van der Waals surface area contributed by atoms with Gasteiger partial charge in [-0.3, -0.25) is 14.9 Å². The summed E-state index contributed by atoms with van der Waals surface area (Å²) < 4.78 is 6.34. The number of benzene rings is 1. The van der Waals surface area contributed by atoms with Gasteiger partial charge in [-0.25, -0.2) is 9.69 Å². The van der Waals surface area contributed by atoms with Crippen molar-refractivity contribution >= 4 is 84.7 Å². The molecule has 0 spiro atoms. The van der Waals surface area contributed by atoms with Crippen LogP contribution in [-0.2, 0) is 9.59 Å². The van der Waals surface area contributed by atoms with E-state index in [0.717, 1.165) is 4.90 Å². The smallest absolute Gasteiger partial charge is 0.336 e. The van der Waals surface area contributed by atoms with E-state index in [9.17, 15) is 14.4 Å². The number of furan rings is 1. The predicted molar refractivity (Wildman–Crippen MR) is 99.6 cm³/mol. The minimum atomic E-state index is -0.918. The highest BCUT2D eigenvalue weighted by Crippen LogP contribution is 2.34. The zero-order valence-corrected chi connectivity index (χ0v) is 16.7. The molecule has 0 radical (unpaired) electrons. The number of rotatable bonds is 2. The van der Waals surface area contributed by atoms with E-state index in [-0.39, 0.29) is 27.1 Å². The molecule has 1 aliphatic heterocycles. The third kappa shape index (κ3) is 3.39. The van der Waals surface area contributed by atoms with Crippen LogP contribution >= 0.6 is 55.1 Å². The molecule has 3 rings (SSSR count). The fourth-order valence-electron chi connectivity index (χ4n) is 2.12. The largest absolute Gasteiger partial charge is 0.449 e. The second-order valence-corrected chi connectivity index (χ2v) is 7.16. The quantitative estimate of drug-likeness (QED) is 0.468. The lowest BCUT2D eigenvalue weighted by Crippen LogP contribution is -2.54. The van der Waals surface area contributed by atoms with Gasteiger partial charge in [-0.05, 0) is 56.1 Å². The van der Waals surface area contributed by atoms with Crippen molar-refractivity contribution in [2.45, 2.75) is 0 Å². The first-order chi connectivity index (χ1) is 11.8. The van der Waals surface area contributed by atoms with Crippen molar-refractivity contribution in [1.29, 1.82) is 0 Å². The number of hydrogen-bond acceptors (Lipinski definition) is 4. The number of anilines is 1. The third-order valence-corrected chi connectivity index (χ3v) is 5.74. The molecule has 2 heterocycles. The first-order valence-corrected chi connectivity index (χ1v) is 8.94. The normalized spacial score (nSPS) is 16.6. The van der Waals surface area contributed by atoms with Gasteiger partial charge in [0, 0.05) is 0 Å². The van der Waals surface area contributed by atoms with Gasteiger partial charge in [-0.1, -0.05) is 29.3 Å². The Morgan fingerprint density at radius 2 is 1.88 bits per heavy atom. The van der Waals surface area contributed by atoms with E-state index < -0.39 is 17.8 Å². The average Bonchev–Trinajstić information content (AvgIpc) is 2.86. The molecular weight excluding hydrogens is 503 g/mol. The van der Waals surface area contributed by atoms with Gasteiger partial charge < -0.3 is 4.42 Å². The molecule has 1 aromatic carbocycles. The summed E-state index contributed by atoms with van der Waals surface area (Å²) in [6, 6.07) is 5.13. The van der Waals surface area contributed by atoms with Crippen LogP contribution in [0.3, 0.4) is 0 Å². The highest BCUT2D eigenvalue weighted by atomic mass is 79.9. The van der Waals surface area contributed by atoms with Crippen LogP contribution in [0.1, 0.15) is 5.76 Å². The summed E-state index contributed by atoms with van der Waals surface area (Å²) in [4.78, 5) is 37.7. The summed E-state index contributed by atoms with van der Waals surface area (Å²) in [5.74, 6) is -1.45. The molecule has 6 nitrogen and oxygen atoms in total. The maximum Gasteiger partial charge on any atom is 0.336 e. The number of nitrogens with zero attached hydrogens (tertiary/aromatic N) is 1. The van der Waals surface area contributed by atoms with E-state index in [2.05, 4.69) is 37.2 Å². The summed E-state index contributed by atoms with van der Waals surface area (Å²) in [7, 11) is 0. The number of urea groups is 1. The van der Waals surface area contributed by atoms with Crippen molar-refractivity contribution in [3.8, 4) is 0 Å². The van der Waals surface area contributed by atoms with Crippen LogP contribution in [0.4, 0.5) is 10.5 Å². The summed E-state index contributed by atoms with van der Waals surface area (Å²) >= 11 is 18.4. The lowest BCUT2D eigenvalue weighted by molar-refractivity contribution is -0.122. The highest BCUT2D eigenvalue weighted by molar-refractivity contribution is 9.13. The predicted octanol–water partition coefficient (Wildman–Crippen LogP) is 4.78. The van der Waals surface area contributed by atoms with Crippen LogP contribution in [0.2, 0.25) is 10.0 Å². The molecule has 0 saturated carbocycles. The van der Waals surface area contributed by atoms with Crippen LogP contribution < -0.4 is 10.2 Å². The molecule has 0 unspecified atom stereocenters. The van der Waals surface area contributed by atoms with Crippen molar-refractivity contribution in [2.24, 2.45) is 0 Å². The van der Waals surface area contributed by atoms with Gasteiger partial charge in [0.2, 0.25) is 0 Å². The summed E-state index contributed by atoms with van der Waals surface area (Å²) in [5.41, 5.74) is -0.221.